The number of anilines is 1. The Morgan fingerprint density at radius 1 is 1.12 bits per heavy atom. The van der Waals surface area contributed by atoms with Gasteiger partial charge in [0.25, 0.3) is 0 Å². The van der Waals surface area contributed by atoms with Gasteiger partial charge in [-0.2, -0.15) is 0 Å². The van der Waals surface area contributed by atoms with Crippen LogP contribution in [0.4, 0.5) is 10.7 Å². The number of amides is 1. The maximum absolute atomic E-state index is 12.2. The molecule has 4 rings (SSSR count). The SMILES string of the molecule is Cc1ccc(Cn2c(N3CCCCC3CNC(=O)OC(C)(C)C)nc3ccccc32)cc1. The van der Waals surface area contributed by atoms with Gasteiger partial charge in [0.2, 0.25) is 5.95 Å². The first-order chi connectivity index (χ1) is 15.3. The number of fused-ring (bicyclic) bond motifs is 1. The molecule has 0 bridgehead atoms. The summed E-state index contributed by atoms with van der Waals surface area (Å²) in [6.45, 7) is 9.99. The predicted molar refractivity (Wildman–Crippen MR) is 129 cm³/mol. The van der Waals surface area contributed by atoms with Gasteiger partial charge in [-0.15, -0.1) is 0 Å². The molecule has 3 aromatic rings. The van der Waals surface area contributed by atoms with E-state index in [0.29, 0.717) is 6.54 Å². The highest BCUT2D eigenvalue weighted by molar-refractivity contribution is 5.79. The van der Waals surface area contributed by atoms with Crippen LogP contribution in [-0.4, -0.2) is 40.4 Å². The third kappa shape index (κ3) is 5.23. The molecule has 0 saturated carbocycles. The molecule has 1 unspecified atom stereocenters. The summed E-state index contributed by atoms with van der Waals surface area (Å²) in [7, 11) is 0. The summed E-state index contributed by atoms with van der Waals surface area (Å²) in [5.74, 6) is 0.975. The van der Waals surface area contributed by atoms with E-state index in [1.54, 1.807) is 0 Å². The number of benzene rings is 2. The molecule has 2 aromatic carbocycles. The van der Waals surface area contributed by atoms with Gasteiger partial charge in [-0.05, 0) is 64.7 Å². The van der Waals surface area contributed by atoms with E-state index in [9.17, 15) is 4.79 Å². The van der Waals surface area contributed by atoms with Crippen LogP contribution >= 0.6 is 0 Å². The smallest absolute Gasteiger partial charge is 0.407 e. The lowest BCUT2D eigenvalue weighted by atomic mass is 10.0. The fourth-order valence-corrected chi connectivity index (χ4v) is 4.31. The molecule has 1 saturated heterocycles. The van der Waals surface area contributed by atoms with Gasteiger partial charge in [0, 0.05) is 19.1 Å². The fraction of sp³-hybridized carbons (Fsp3) is 0.462. The van der Waals surface area contributed by atoms with E-state index in [4.69, 9.17) is 9.72 Å². The van der Waals surface area contributed by atoms with Crippen molar-refractivity contribution in [1.82, 2.24) is 14.9 Å². The number of hydrogen-bond donors (Lipinski definition) is 1. The van der Waals surface area contributed by atoms with Gasteiger partial charge >= 0.3 is 6.09 Å². The van der Waals surface area contributed by atoms with Crippen molar-refractivity contribution in [1.29, 1.82) is 0 Å². The van der Waals surface area contributed by atoms with Gasteiger partial charge in [-0.25, -0.2) is 9.78 Å². The number of aromatic nitrogens is 2. The van der Waals surface area contributed by atoms with Crippen molar-refractivity contribution >= 4 is 23.1 Å². The molecular formula is C26H34N4O2. The quantitative estimate of drug-likeness (QED) is 0.594. The molecule has 1 aliphatic rings. The molecule has 6 nitrogen and oxygen atoms in total. The van der Waals surface area contributed by atoms with E-state index in [2.05, 4.69) is 64.2 Å². The van der Waals surface area contributed by atoms with Crippen LogP contribution in [0.1, 0.15) is 51.2 Å². The minimum Gasteiger partial charge on any atom is -0.444 e. The van der Waals surface area contributed by atoms with E-state index < -0.39 is 5.60 Å². The summed E-state index contributed by atoms with van der Waals surface area (Å²) in [4.78, 5) is 19.7. The number of ether oxygens (including phenoxy) is 1. The molecule has 0 aliphatic carbocycles. The molecule has 1 fully saturated rings. The Labute approximate surface area is 190 Å². The summed E-state index contributed by atoms with van der Waals surface area (Å²) in [5.41, 5.74) is 4.14. The number of hydrogen-bond acceptors (Lipinski definition) is 4. The third-order valence-corrected chi connectivity index (χ3v) is 5.86. The lowest BCUT2D eigenvalue weighted by Gasteiger charge is -2.37. The molecule has 0 radical (unpaired) electrons. The number of alkyl carbamates (subject to hydrolysis) is 1. The maximum Gasteiger partial charge on any atom is 0.407 e. The maximum atomic E-state index is 12.2. The van der Waals surface area contributed by atoms with Gasteiger partial charge < -0.3 is 19.5 Å². The van der Waals surface area contributed by atoms with Gasteiger partial charge in [0.15, 0.2) is 0 Å². The van der Waals surface area contributed by atoms with Crippen LogP contribution < -0.4 is 10.2 Å². The number of rotatable bonds is 5. The number of aryl methyl sites for hydroxylation is 1. The summed E-state index contributed by atoms with van der Waals surface area (Å²) >= 11 is 0. The highest BCUT2D eigenvalue weighted by atomic mass is 16.6. The summed E-state index contributed by atoms with van der Waals surface area (Å²) in [5, 5.41) is 2.98. The first-order valence-corrected chi connectivity index (χ1v) is 11.5. The first-order valence-electron chi connectivity index (χ1n) is 11.5. The van der Waals surface area contributed by atoms with Gasteiger partial charge in [-0.1, -0.05) is 42.0 Å². The van der Waals surface area contributed by atoms with E-state index in [1.807, 2.05) is 26.8 Å². The van der Waals surface area contributed by atoms with Crippen LogP contribution in [-0.2, 0) is 11.3 Å². The molecule has 0 spiro atoms. The Morgan fingerprint density at radius 2 is 1.88 bits per heavy atom. The molecule has 2 heterocycles. The molecule has 1 amide bonds. The Hall–Kier alpha value is -3.02. The average Bonchev–Trinajstić information content (AvgIpc) is 3.11. The van der Waals surface area contributed by atoms with Crippen molar-refractivity contribution in [3.8, 4) is 0 Å². The van der Waals surface area contributed by atoms with Crippen molar-refractivity contribution in [2.45, 2.75) is 65.1 Å². The van der Waals surface area contributed by atoms with Crippen LogP contribution in [0.15, 0.2) is 48.5 Å². The molecular weight excluding hydrogens is 400 g/mol. The number of nitrogens with zero attached hydrogens (tertiary/aromatic N) is 3. The van der Waals surface area contributed by atoms with Crippen LogP contribution in [0, 0.1) is 6.92 Å². The molecule has 1 N–H and O–H groups in total. The molecule has 170 valence electrons. The van der Waals surface area contributed by atoms with Crippen LogP contribution in [0.5, 0.6) is 0 Å². The zero-order chi connectivity index (χ0) is 22.7. The lowest BCUT2D eigenvalue weighted by molar-refractivity contribution is 0.0522. The average molecular weight is 435 g/mol. The molecule has 1 aromatic heterocycles. The molecule has 32 heavy (non-hydrogen) atoms. The standard InChI is InChI=1S/C26H34N4O2/c1-19-12-14-20(15-13-19)18-30-23-11-6-5-10-22(23)28-24(30)29-16-8-7-9-21(29)17-27-25(31)32-26(2,3)4/h5-6,10-15,21H,7-9,16-18H2,1-4H3,(H,27,31). The van der Waals surface area contributed by atoms with Gasteiger partial charge in [-0.3, -0.25) is 0 Å². The topological polar surface area (TPSA) is 59.4 Å². The Bertz CT molecular complexity index is 1070. The third-order valence-electron chi connectivity index (χ3n) is 5.86. The van der Waals surface area contributed by atoms with Crippen LogP contribution in [0.25, 0.3) is 11.0 Å². The number of carbonyl (C=O) groups is 1. The van der Waals surface area contributed by atoms with Crippen molar-refractivity contribution in [3.05, 3.63) is 59.7 Å². The Balaban J connectivity index is 1.61. The second-order valence-corrected chi connectivity index (χ2v) is 9.70. The van der Waals surface area contributed by atoms with E-state index in [1.165, 1.54) is 11.1 Å². The van der Waals surface area contributed by atoms with E-state index in [-0.39, 0.29) is 12.1 Å². The van der Waals surface area contributed by atoms with Crippen molar-refractivity contribution < 1.29 is 9.53 Å². The van der Waals surface area contributed by atoms with Crippen molar-refractivity contribution in [2.75, 3.05) is 18.0 Å². The van der Waals surface area contributed by atoms with Gasteiger partial charge in [0.1, 0.15) is 5.60 Å². The molecule has 1 aliphatic heterocycles. The minimum absolute atomic E-state index is 0.185. The normalized spacial score (nSPS) is 16.9. The monoisotopic (exact) mass is 434 g/mol. The summed E-state index contributed by atoms with van der Waals surface area (Å²) in [6, 6.07) is 17.2. The Morgan fingerprint density at radius 3 is 2.62 bits per heavy atom. The minimum atomic E-state index is -0.502. The first kappa shape index (κ1) is 22.2. The lowest BCUT2D eigenvalue weighted by Crippen LogP contribution is -2.48. The van der Waals surface area contributed by atoms with Crippen LogP contribution in [0.3, 0.4) is 0 Å². The largest absolute Gasteiger partial charge is 0.444 e. The zero-order valence-electron chi connectivity index (χ0n) is 19.6. The van der Waals surface area contributed by atoms with Gasteiger partial charge in [0.05, 0.1) is 17.6 Å². The summed E-state index contributed by atoms with van der Waals surface area (Å²) < 4.78 is 7.75. The summed E-state index contributed by atoms with van der Waals surface area (Å²) in [6.07, 6.45) is 2.92. The highest BCUT2D eigenvalue weighted by Crippen LogP contribution is 2.29. The second kappa shape index (κ2) is 9.23. The van der Waals surface area contributed by atoms with Crippen molar-refractivity contribution in [2.24, 2.45) is 0 Å². The fourth-order valence-electron chi connectivity index (χ4n) is 4.31. The molecule has 1 atom stereocenters. The predicted octanol–water partition coefficient (Wildman–Crippen LogP) is 5.28. The van der Waals surface area contributed by atoms with E-state index in [0.717, 1.165) is 49.3 Å². The molecule has 6 heteroatoms. The van der Waals surface area contributed by atoms with Crippen molar-refractivity contribution in [3.63, 3.8) is 0 Å². The zero-order valence-corrected chi connectivity index (χ0v) is 19.6. The second-order valence-electron chi connectivity index (χ2n) is 9.70. The number of piperidine rings is 1. The van der Waals surface area contributed by atoms with E-state index >= 15 is 0 Å². The Kier molecular flexibility index (Phi) is 6.40. The number of carbonyl (C=O) groups excluding carboxylic acids is 1. The highest BCUT2D eigenvalue weighted by Gasteiger charge is 2.28. The number of para-hydroxylation sites is 2. The number of nitrogens with one attached hydrogen (secondary N) is 1. The van der Waals surface area contributed by atoms with Crippen LogP contribution in [0.2, 0.25) is 0 Å². The number of imidazole rings is 1.